The molecule has 0 unspecified atom stereocenters. The van der Waals surface area contributed by atoms with Crippen LogP contribution >= 0.6 is 0 Å². The van der Waals surface area contributed by atoms with Gasteiger partial charge in [-0.05, 0) is 112 Å². The van der Waals surface area contributed by atoms with E-state index < -0.39 is 0 Å². The van der Waals surface area contributed by atoms with Gasteiger partial charge < -0.3 is 14.7 Å². The van der Waals surface area contributed by atoms with Gasteiger partial charge in [0.05, 0.1) is 0 Å². The number of hydrogen-bond acceptors (Lipinski definition) is 3. The standard InChI is InChI=1S/C55H40BN3/c1-7-20-40(21-8-1)54(41-22-9-2-10-23-41)42-34-36-48-52(38-42)58(45-28-15-5-16-29-45)50-32-19-33-51-55(50)56(48)49-37-35-47(39-53(49)59(51)46-30-17-6-18-31-46)57(43-24-11-3-12-25-43)44-26-13-4-14-27-44/h1-39,54H. The first-order chi connectivity index (χ1) is 29.3. The van der Waals surface area contributed by atoms with Gasteiger partial charge in [0.15, 0.2) is 0 Å². The van der Waals surface area contributed by atoms with Crippen molar-refractivity contribution in [1.82, 2.24) is 0 Å². The van der Waals surface area contributed by atoms with Crippen LogP contribution in [0.3, 0.4) is 0 Å². The molecular formula is C55H40BN3. The van der Waals surface area contributed by atoms with Crippen LogP contribution in [0, 0.1) is 0 Å². The second-order valence-corrected chi connectivity index (χ2v) is 15.3. The number of rotatable bonds is 8. The van der Waals surface area contributed by atoms with E-state index >= 15 is 0 Å². The summed E-state index contributed by atoms with van der Waals surface area (Å²) >= 11 is 0. The van der Waals surface area contributed by atoms with Gasteiger partial charge in [-0.3, -0.25) is 0 Å². The molecule has 0 atom stereocenters. The molecule has 59 heavy (non-hydrogen) atoms. The summed E-state index contributed by atoms with van der Waals surface area (Å²) in [6.07, 6.45) is 0. The summed E-state index contributed by atoms with van der Waals surface area (Å²) in [6.45, 7) is 0.00280. The second-order valence-electron chi connectivity index (χ2n) is 15.3. The van der Waals surface area contributed by atoms with Crippen LogP contribution in [0.2, 0.25) is 0 Å². The predicted octanol–water partition coefficient (Wildman–Crippen LogP) is 12.4. The molecule has 2 heterocycles. The lowest BCUT2D eigenvalue weighted by molar-refractivity contribution is 0.977. The number of nitrogens with zero attached hydrogens (tertiary/aromatic N) is 3. The predicted molar refractivity (Wildman–Crippen MR) is 249 cm³/mol. The van der Waals surface area contributed by atoms with Crippen molar-refractivity contribution in [3.05, 3.63) is 253 Å². The Bertz CT molecular complexity index is 2610. The summed E-state index contributed by atoms with van der Waals surface area (Å²) in [5, 5.41) is 0. The van der Waals surface area contributed by atoms with Crippen LogP contribution in [0.5, 0.6) is 0 Å². The van der Waals surface area contributed by atoms with E-state index in [0.29, 0.717) is 0 Å². The molecule has 0 saturated carbocycles. The van der Waals surface area contributed by atoms with Gasteiger partial charge in [0, 0.05) is 57.1 Å². The first-order valence-corrected chi connectivity index (χ1v) is 20.4. The van der Waals surface area contributed by atoms with Gasteiger partial charge in [0.1, 0.15) is 0 Å². The Morgan fingerprint density at radius 1 is 0.322 bits per heavy atom. The first-order valence-electron chi connectivity index (χ1n) is 20.4. The van der Waals surface area contributed by atoms with Gasteiger partial charge in [0.2, 0.25) is 0 Å². The number of hydrogen-bond donors (Lipinski definition) is 0. The quantitative estimate of drug-likeness (QED) is 0.113. The fraction of sp³-hybridized carbons (Fsp3) is 0.0182. The van der Waals surface area contributed by atoms with Crippen LogP contribution in [0.4, 0.5) is 51.2 Å². The van der Waals surface area contributed by atoms with Gasteiger partial charge in [-0.2, -0.15) is 0 Å². The molecule has 11 rings (SSSR count). The van der Waals surface area contributed by atoms with Gasteiger partial charge in [0.25, 0.3) is 6.71 Å². The third-order valence-corrected chi connectivity index (χ3v) is 11.9. The molecular weight excluding hydrogens is 713 g/mol. The van der Waals surface area contributed by atoms with E-state index in [1.165, 1.54) is 55.8 Å². The Labute approximate surface area is 346 Å². The highest BCUT2D eigenvalue weighted by Crippen LogP contribution is 2.46. The van der Waals surface area contributed by atoms with Gasteiger partial charge in [-0.15, -0.1) is 0 Å². The Morgan fingerprint density at radius 3 is 1.24 bits per heavy atom. The summed E-state index contributed by atoms with van der Waals surface area (Å²) in [5.41, 5.74) is 18.1. The minimum absolute atomic E-state index is 0.00280. The molecule has 0 aliphatic carbocycles. The number of para-hydroxylation sites is 4. The fourth-order valence-corrected chi connectivity index (χ4v) is 9.43. The molecule has 9 aromatic rings. The topological polar surface area (TPSA) is 9.72 Å². The average Bonchev–Trinajstić information content (AvgIpc) is 3.31. The maximum Gasteiger partial charge on any atom is 0.252 e. The van der Waals surface area contributed by atoms with Crippen molar-refractivity contribution in [3.63, 3.8) is 0 Å². The molecule has 4 heteroatoms. The van der Waals surface area contributed by atoms with E-state index in [2.05, 4.69) is 251 Å². The lowest BCUT2D eigenvalue weighted by atomic mass is 9.33. The van der Waals surface area contributed by atoms with E-state index in [9.17, 15) is 0 Å². The van der Waals surface area contributed by atoms with Gasteiger partial charge in [-0.25, -0.2) is 0 Å². The van der Waals surface area contributed by atoms with Crippen molar-refractivity contribution in [2.24, 2.45) is 0 Å². The van der Waals surface area contributed by atoms with Crippen LogP contribution < -0.4 is 31.1 Å². The minimum atomic E-state index is 0.00280. The van der Waals surface area contributed by atoms with Crippen LogP contribution in [0.1, 0.15) is 22.6 Å². The molecule has 0 amide bonds. The monoisotopic (exact) mass is 753 g/mol. The minimum Gasteiger partial charge on any atom is -0.311 e. The zero-order valence-electron chi connectivity index (χ0n) is 32.5. The molecule has 2 aliphatic heterocycles. The van der Waals surface area contributed by atoms with Crippen LogP contribution in [-0.2, 0) is 0 Å². The van der Waals surface area contributed by atoms with Crippen LogP contribution in [0.15, 0.2) is 237 Å². The Hall–Kier alpha value is -7.56. The SMILES string of the molecule is c1ccc(C(c2ccccc2)c2ccc3c(c2)N(c2ccccc2)c2cccc4c2B3c2ccc(N(c3ccccc3)c3ccccc3)cc2N4c2ccccc2)cc1. The van der Waals surface area contributed by atoms with E-state index in [0.717, 1.165) is 28.4 Å². The highest BCUT2D eigenvalue weighted by atomic mass is 15.2. The molecule has 0 bridgehead atoms. The maximum absolute atomic E-state index is 2.50. The number of benzene rings is 9. The molecule has 0 fully saturated rings. The molecule has 9 aromatic carbocycles. The fourth-order valence-electron chi connectivity index (χ4n) is 9.43. The molecule has 278 valence electrons. The van der Waals surface area contributed by atoms with Gasteiger partial charge >= 0.3 is 0 Å². The molecule has 0 N–H and O–H groups in total. The lowest BCUT2D eigenvalue weighted by Gasteiger charge is -2.44. The Balaban J connectivity index is 1.17. The summed E-state index contributed by atoms with van der Waals surface area (Å²) in [7, 11) is 0. The summed E-state index contributed by atoms with van der Waals surface area (Å²) in [6, 6.07) is 86.2. The molecule has 0 saturated heterocycles. The largest absolute Gasteiger partial charge is 0.311 e. The Kier molecular flexibility index (Phi) is 8.67. The molecule has 3 nitrogen and oxygen atoms in total. The van der Waals surface area contributed by atoms with Crippen molar-refractivity contribution < 1.29 is 0 Å². The van der Waals surface area contributed by atoms with Gasteiger partial charge in [-0.1, -0.05) is 158 Å². The first kappa shape index (κ1) is 34.7. The normalized spacial score (nSPS) is 12.5. The van der Waals surface area contributed by atoms with Crippen molar-refractivity contribution in [2.45, 2.75) is 5.92 Å². The number of anilines is 9. The number of fused-ring (bicyclic) bond motifs is 4. The van der Waals surface area contributed by atoms with Crippen molar-refractivity contribution in [2.75, 3.05) is 14.7 Å². The summed E-state index contributed by atoms with van der Waals surface area (Å²) in [4.78, 5) is 7.34. The zero-order chi connectivity index (χ0) is 39.1. The average molecular weight is 754 g/mol. The van der Waals surface area contributed by atoms with Crippen molar-refractivity contribution in [1.29, 1.82) is 0 Å². The highest BCUT2D eigenvalue weighted by molar-refractivity contribution is 7.00. The summed E-state index contributed by atoms with van der Waals surface area (Å²) < 4.78 is 0. The van der Waals surface area contributed by atoms with Crippen molar-refractivity contribution >= 4 is 74.3 Å². The Morgan fingerprint density at radius 2 is 0.746 bits per heavy atom. The van der Waals surface area contributed by atoms with Crippen LogP contribution in [0.25, 0.3) is 0 Å². The molecule has 0 aromatic heterocycles. The zero-order valence-corrected chi connectivity index (χ0v) is 32.5. The van der Waals surface area contributed by atoms with E-state index in [-0.39, 0.29) is 12.6 Å². The van der Waals surface area contributed by atoms with E-state index in [1.54, 1.807) is 0 Å². The molecule has 2 aliphatic rings. The second kappa shape index (κ2) is 14.7. The van der Waals surface area contributed by atoms with E-state index in [1.807, 2.05) is 0 Å². The summed E-state index contributed by atoms with van der Waals surface area (Å²) in [5.74, 6) is 0.0739. The van der Waals surface area contributed by atoms with Crippen LogP contribution in [-0.4, -0.2) is 6.71 Å². The maximum atomic E-state index is 2.50. The van der Waals surface area contributed by atoms with Crippen molar-refractivity contribution in [3.8, 4) is 0 Å². The lowest BCUT2D eigenvalue weighted by Crippen LogP contribution is -2.61. The molecule has 0 radical (unpaired) electrons. The molecule has 0 spiro atoms. The van der Waals surface area contributed by atoms with E-state index in [4.69, 9.17) is 0 Å². The third-order valence-electron chi connectivity index (χ3n) is 11.9. The highest BCUT2D eigenvalue weighted by Gasteiger charge is 2.43. The smallest absolute Gasteiger partial charge is 0.252 e. The third kappa shape index (κ3) is 6.00.